The van der Waals surface area contributed by atoms with Crippen LogP contribution < -0.4 is 10.6 Å². The van der Waals surface area contributed by atoms with E-state index in [9.17, 15) is 14.7 Å². The van der Waals surface area contributed by atoms with Crippen LogP contribution in [0.15, 0.2) is 0 Å². The predicted octanol–water partition coefficient (Wildman–Crippen LogP) is 0.374. The molecule has 2 aliphatic heterocycles. The third kappa shape index (κ3) is 3.12. The molecule has 0 aromatic carbocycles. The largest absolute Gasteiger partial charge is 0.481 e. The van der Waals surface area contributed by atoms with Crippen molar-refractivity contribution in [3.8, 4) is 0 Å². The van der Waals surface area contributed by atoms with E-state index < -0.39 is 11.4 Å². The molecule has 2 rings (SSSR count). The molecule has 0 aromatic rings. The first-order valence-corrected chi connectivity index (χ1v) is 7.29. The van der Waals surface area contributed by atoms with Crippen LogP contribution in [0.25, 0.3) is 0 Å². The molecular weight excluding hydrogens is 260 g/mol. The Labute approximate surface area is 119 Å². The molecule has 6 nitrogen and oxygen atoms in total. The number of amides is 1. The molecule has 1 amide bonds. The van der Waals surface area contributed by atoms with E-state index in [1.807, 2.05) is 6.92 Å². The van der Waals surface area contributed by atoms with E-state index in [0.29, 0.717) is 26.1 Å². The lowest BCUT2D eigenvalue weighted by Gasteiger charge is -2.36. The highest BCUT2D eigenvalue weighted by Crippen LogP contribution is 2.32. The Morgan fingerprint density at radius 2 is 1.80 bits per heavy atom. The zero-order valence-corrected chi connectivity index (χ0v) is 12.0. The minimum atomic E-state index is -0.864. The molecule has 0 bridgehead atoms. The highest BCUT2D eigenvalue weighted by molar-refractivity contribution is 5.83. The molecule has 0 aliphatic carbocycles. The standard InChI is InChI=1S/C14H24N2O4/c1-13(2-6-15-7-3-13)11(17)16-10-14(12(18)19)4-8-20-9-5-14/h15H,2-10H2,1H3,(H,16,17)(H,18,19). The van der Waals surface area contributed by atoms with E-state index in [1.165, 1.54) is 0 Å². The number of carboxylic acid groups (broad SMARTS) is 1. The second-order valence-corrected chi connectivity index (χ2v) is 6.19. The summed E-state index contributed by atoms with van der Waals surface area (Å²) in [5, 5.41) is 15.6. The number of rotatable bonds is 4. The van der Waals surface area contributed by atoms with Gasteiger partial charge in [0.25, 0.3) is 0 Å². The Morgan fingerprint density at radius 3 is 2.35 bits per heavy atom. The van der Waals surface area contributed by atoms with E-state index in [-0.39, 0.29) is 17.9 Å². The monoisotopic (exact) mass is 284 g/mol. The van der Waals surface area contributed by atoms with Gasteiger partial charge in [0.15, 0.2) is 0 Å². The lowest BCUT2D eigenvalue weighted by atomic mass is 9.78. The number of nitrogens with one attached hydrogen (secondary N) is 2. The number of carboxylic acids is 1. The zero-order chi connectivity index (χ0) is 14.6. The van der Waals surface area contributed by atoms with Crippen molar-refractivity contribution < 1.29 is 19.4 Å². The van der Waals surface area contributed by atoms with Gasteiger partial charge in [-0.1, -0.05) is 6.92 Å². The van der Waals surface area contributed by atoms with Crippen molar-refractivity contribution >= 4 is 11.9 Å². The second kappa shape index (κ2) is 6.10. The van der Waals surface area contributed by atoms with Gasteiger partial charge in [-0.3, -0.25) is 9.59 Å². The fourth-order valence-electron chi connectivity index (χ4n) is 2.90. The Balaban J connectivity index is 1.95. The molecule has 0 spiro atoms. The van der Waals surface area contributed by atoms with Crippen LogP contribution >= 0.6 is 0 Å². The Kier molecular flexibility index (Phi) is 4.65. The molecule has 20 heavy (non-hydrogen) atoms. The maximum atomic E-state index is 12.4. The van der Waals surface area contributed by atoms with Gasteiger partial charge in [0, 0.05) is 25.2 Å². The first kappa shape index (κ1) is 15.3. The molecule has 0 saturated carbocycles. The van der Waals surface area contributed by atoms with Crippen LogP contribution in [0.3, 0.4) is 0 Å². The molecule has 6 heteroatoms. The minimum Gasteiger partial charge on any atom is -0.481 e. The molecule has 2 saturated heterocycles. The summed E-state index contributed by atoms with van der Waals surface area (Å²) in [4.78, 5) is 23.9. The summed E-state index contributed by atoms with van der Waals surface area (Å²) < 4.78 is 5.23. The fraction of sp³-hybridized carbons (Fsp3) is 0.857. The Bertz CT molecular complexity index is 371. The third-order valence-electron chi connectivity index (χ3n) is 4.75. The van der Waals surface area contributed by atoms with Gasteiger partial charge in [0.05, 0.1) is 5.41 Å². The predicted molar refractivity (Wildman–Crippen MR) is 73.3 cm³/mol. The van der Waals surface area contributed by atoms with Crippen molar-refractivity contribution in [1.82, 2.24) is 10.6 Å². The Hall–Kier alpha value is -1.14. The average molecular weight is 284 g/mol. The number of carbonyl (C=O) groups excluding carboxylic acids is 1. The molecule has 114 valence electrons. The molecule has 0 unspecified atom stereocenters. The van der Waals surface area contributed by atoms with Gasteiger partial charge in [-0.05, 0) is 38.8 Å². The van der Waals surface area contributed by atoms with Crippen LogP contribution in [0.1, 0.15) is 32.6 Å². The highest BCUT2D eigenvalue weighted by atomic mass is 16.5. The maximum absolute atomic E-state index is 12.4. The summed E-state index contributed by atoms with van der Waals surface area (Å²) in [6, 6.07) is 0. The average Bonchev–Trinajstić information content (AvgIpc) is 2.46. The van der Waals surface area contributed by atoms with E-state index in [1.54, 1.807) is 0 Å². The topological polar surface area (TPSA) is 87.7 Å². The van der Waals surface area contributed by atoms with Crippen LogP contribution in [-0.2, 0) is 14.3 Å². The quantitative estimate of drug-likeness (QED) is 0.694. The van der Waals surface area contributed by atoms with Crippen LogP contribution in [0, 0.1) is 10.8 Å². The van der Waals surface area contributed by atoms with Crippen molar-refractivity contribution in [2.24, 2.45) is 10.8 Å². The van der Waals surface area contributed by atoms with Gasteiger partial charge in [-0.15, -0.1) is 0 Å². The van der Waals surface area contributed by atoms with Gasteiger partial charge >= 0.3 is 5.97 Å². The smallest absolute Gasteiger partial charge is 0.311 e. The molecule has 2 heterocycles. The van der Waals surface area contributed by atoms with Gasteiger partial charge in [-0.2, -0.15) is 0 Å². The van der Waals surface area contributed by atoms with E-state index in [2.05, 4.69) is 10.6 Å². The van der Waals surface area contributed by atoms with Crippen molar-refractivity contribution in [3.05, 3.63) is 0 Å². The van der Waals surface area contributed by atoms with Crippen LogP contribution in [0.2, 0.25) is 0 Å². The highest BCUT2D eigenvalue weighted by Gasteiger charge is 2.42. The number of aliphatic carboxylic acids is 1. The first-order chi connectivity index (χ1) is 9.49. The number of carbonyl (C=O) groups is 2. The number of hydrogen-bond donors (Lipinski definition) is 3. The lowest BCUT2D eigenvalue weighted by Crippen LogP contribution is -2.51. The summed E-state index contributed by atoms with van der Waals surface area (Å²) in [7, 11) is 0. The van der Waals surface area contributed by atoms with Gasteiger partial charge in [-0.25, -0.2) is 0 Å². The van der Waals surface area contributed by atoms with Gasteiger partial charge in [0.2, 0.25) is 5.91 Å². The summed E-state index contributed by atoms with van der Waals surface area (Å²) in [6.07, 6.45) is 2.51. The van der Waals surface area contributed by atoms with Crippen molar-refractivity contribution in [3.63, 3.8) is 0 Å². The molecule has 2 fully saturated rings. The molecular formula is C14H24N2O4. The molecule has 3 N–H and O–H groups in total. The third-order valence-corrected chi connectivity index (χ3v) is 4.75. The zero-order valence-electron chi connectivity index (χ0n) is 12.0. The van der Waals surface area contributed by atoms with Crippen LogP contribution in [0.5, 0.6) is 0 Å². The van der Waals surface area contributed by atoms with Crippen LogP contribution in [-0.4, -0.2) is 49.8 Å². The minimum absolute atomic E-state index is 0.0221. The summed E-state index contributed by atoms with van der Waals surface area (Å²) in [6.45, 7) is 4.73. The fourth-order valence-corrected chi connectivity index (χ4v) is 2.90. The lowest BCUT2D eigenvalue weighted by molar-refractivity contribution is -0.155. The van der Waals surface area contributed by atoms with Crippen LogP contribution in [0.4, 0.5) is 0 Å². The molecule has 0 atom stereocenters. The van der Waals surface area contributed by atoms with Crippen molar-refractivity contribution in [2.45, 2.75) is 32.6 Å². The number of ether oxygens (including phenoxy) is 1. The maximum Gasteiger partial charge on any atom is 0.311 e. The normalized spacial score (nSPS) is 24.9. The van der Waals surface area contributed by atoms with E-state index >= 15 is 0 Å². The molecule has 0 radical (unpaired) electrons. The Morgan fingerprint density at radius 1 is 1.20 bits per heavy atom. The summed E-state index contributed by atoms with van der Waals surface area (Å²) in [5.41, 5.74) is -1.24. The van der Waals surface area contributed by atoms with E-state index in [0.717, 1.165) is 25.9 Å². The second-order valence-electron chi connectivity index (χ2n) is 6.19. The SMILES string of the molecule is CC1(C(=O)NCC2(C(=O)O)CCOCC2)CCNCC1. The molecule has 2 aliphatic rings. The van der Waals surface area contributed by atoms with E-state index in [4.69, 9.17) is 4.74 Å². The van der Waals surface area contributed by atoms with Gasteiger partial charge < -0.3 is 20.5 Å². The summed E-state index contributed by atoms with van der Waals surface area (Å²) in [5.74, 6) is -0.859. The number of piperidine rings is 1. The molecule has 0 aromatic heterocycles. The number of hydrogen-bond acceptors (Lipinski definition) is 4. The van der Waals surface area contributed by atoms with Crippen molar-refractivity contribution in [2.75, 3.05) is 32.8 Å². The van der Waals surface area contributed by atoms with Gasteiger partial charge in [0.1, 0.15) is 0 Å². The van der Waals surface area contributed by atoms with Crippen molar-refractivity contribution in [1.29, 1.82) is 0 Å². The summed E-state index contributed by atoms with van der Waals surface area (Å²) >= 11 is 0. The first-order valence-electron chi connectivity index (χ1n) is 7.29.